The van der Waals surface area contributed by atoms with Gasteiger partial charge in [-0.3, -0.25) is 4.79 Å². The van der Waals surface area contributed by atoms with Crippen LogP contribution in [0.25, 0.3) is 0 Å². The SMILES string of the molecule is CSC(SC)=C(C#N)C(=O)c1ccc(Cl)cc1. The van der Waals surface area contributed by atoms with E-state index in [4.69, 9.17) is 16.9 Å². The van der Waals surface area contributed by atoms with Crippen LogP contribution in [0.2, 0.25) is 5.02 Å². The first kappa shape index (κ1) is 14.2. The second kappa shape index (κ2) is 6.75. The smallest absolute Gasteiger partial charge is 0.205 e. The molecular weight excluding hydrogens is 274 g/mol. The molecule has 0 atom stereocenters. The highest BCUT2D eigenvalue weighted by molar-refractivity contribution is 8.21. The number of ketones is 1. The van der Waals surface area contributed by atoms with Crippen LogP contribution in [0.4, 0.5) is 0 Å². The summed E-state index contributed by atoms with van der Waals surface area (Å²) in [6, 6.07) is 8.50. The van der Waals surface area contributed by atoms with E-state index >= 15 is 0 Å². The number of rotatable bonds is 4. The Kier molecular flexibility index (Phi) is 5.63. The first-order valence-electron chi connectivity index (χ1n) is 4.66. The minimum Gasteiger partial charge on any atom is -0.288 e. The Morgan fingerprint density at radius 3 is 2.18 bits per heavy atom. The molecule has 1 aromatic carbocycles. The molecule has 2 nitrogen and oxygen atoms in total. The van der Waals surface area contributed by atoms with Crippen LogP contribution in [0.1, 0.15) is 10.4 Å². The Labute approximate surface area is 114 Å². The molecule has 5 heteroatoms. The number of halogens is 1. The molecule has 0 spiro atoms. The molecular formula is C12H10ClNOS2. The number of hydrogen-bond acceptors (Lipinski definition) is 4. The quantitative estimate of drug-likeness (QED) is 0.476. The Bertz CT molecular complexity index is 482. The van der Waals surface area contributed by atoms with Gasteiger partial charge in [0.15, 0.2) is 0 Å². The third-order valence-corrected chi connectivity index (χ3v) is 4.42. The van der Waals surface area contributed by atoms with E-state index in [1.54, 1.807) is 24.3 Å². The lowest BCUT2D eigenvalue weighted by atomic mass is 10.1. The first-order valence-corrected chi connectivity index (χ1v) is 7.49. The molecule has 0 N–H and O–H groups in total. The molecule has 0 saturated heterocycles. The summed E-state index contributed by atoms with van der Waals surface area (Å²) in [6.45, 7) is 0. The first-order chi connectivity index (χ1) is 8.13. The molecule has 17 heavy (non-hydrogen) atoms. The van der Waals surface area contributed by atoms with Crippen molar-refractivity contribution in [1.82, 2.24) is 0 Å². The van der Waals surface area contributed by atoms with E-state index in [1.165, 1.54) is 23.5 Å². The van der Waals surface area contributed by atoms with Crippen molar-refractivity contribution < 1.29 is 4.79 Å². The maximum Gasteiger partial charge on any atom is 0.205 e. The molecule has 0 bridgehead atoms. The summed E-state index contributed by atoms with van der Waals surface area (Å²) in [5.41, 5.74) is 0.666. The molecule has 0 radical (unpaired) electrons. The number of thioether (sulfide) groups is 2. The molecule has 0 aliphatic carbocycles. The summed E-state index contributed by atoms with van der Waals surface area (Å²) < 4.78 is 0.729. The number of nitrogens with zero attached hydrogens (tertiary/aromatic N) is 1. The molecule has 88 valence electrons. The molecule has 1 aromatic rings. The highest BCUT2D eigenvalue weighted by atomic mass is 35.5. The van der Waals surface area contributed by atoms with Gasteiger partial charge in [0.25, 0.3) is 0 Å². The predicted octanol–water partition coefficient (Wildman–Crippen LogP) is 3.98. The Balaban J connectivity index is 3.16. The molecule has 0 aliphatic heterocycles. The second-order valence-corrected chi connectivity index (χ2v) is 5.35. The van der Waals surface area contributed by atoms with Gasteiger partial charge in [-0.05, 0) is 36.8 Å². The third kappa shape index (κ3) is 3.53. The van der Waals surface area contributed by atoms with Gasteiger partial charge in [0.1, 0.15) is 11.6 Å². The zero-order valence-corrected chi connectivity index (χ0v) is 11.7. The van der Waals surface area contributed by atoms with Crippen molar-refractivity contribution in [3.63, 3.8) is 0 Å². The number of Topliss-reactive ketones (excluding diaryl/α,β-unsaturated/α-hetero) is 1. The lowest BCUT2D eigenvalue weighted by Gasteiger charge is -2.04. The molecule has 0 aliphatic rings. The fraction of sp³-hybridized carbons (Fsp3) is 0.167. The number of carbonyl (C=O) groups excluding carboxylic acids is 1. The average molecular weight is 284 g/mol. The van der Waals surface area contributed by atoms with Crippen LogP contribution >= 0.6 is 35.1 Å². The zero-order valence-electron chi connectivity index (χ0n) is 9.36. The average Bonchev–Trinajstić information content (AvgIpc) is 2.36. The Morgan fingerprint density at radius 2 is 1.76 bits per heavy atom. The number of hydrogen-bond donors (Lipinski definition) is 0. The number of carbonyl (C=O) groups is 1. The monoisotopic (exact) mass is 283 g/mol. The van der Waals surface area contributed by atoms with Crippen LogP contribution in [-0.2, 0) is 0 Å². The van der Waals surface area contributed by atoms with Gasteiger partial charge >= 0.3 is 0 Å². The normalized spacial score (nSPS) is 9.53. The van der Waals surface area contributed by atoms with Crippen LogP contribution in [0.5, 0.6) is 0 Å². The molecule has 1 rings (SSSR count). The maximum absolute atomic E-state index is 12.1. The topological polar surface area (TPSA) is 40.9 Å². The lowest BCUT2D eigenvalue weighted by Crippen LogP contribution is -2.03. The van der Waals surface area contributed by atoms with Gasteiger partial charge < -0.3 is 0 Å². The van der Waals surface area contributed by atoms with E-state index in [0.29, 0.717) is 10.6 Å². The highest BCUT2D eigenvalue weighted by Gasteiger charge is 2.16. The Morgan fingerprint density at radius 1 is 1.24 bits per heavy atom. The van der Waals surface area contributed by atoms with Crippen LogP contribution in [0.3, 0.4) is 0 Å². The van der Waals surface area contributed by atoms with Gasteiger partial charge in [-0.1, -0.05) is 11.6 Å². The summed E-state index contributed by atoms with van der Waals surface area (Å²) in [5.74, 6) is -0.261. The van der Waals surface area contributed by atoms with Gasteiger partial charge in [0, 0.05) is 10.6 Å². The maximum atomic E-state index is 12.1. The van der Waals surface area contributed by atoms with E-state index in [2.05, 4.69) is 0 Å². The third-order valence-electron chi connectivity index (χ3n) is 2.02. The summed E-state index contributed by atoms with van der Waals surface area (Å²) in [6.07, 6.45) is 3.69. The minimum atomic E-state index is -0.261. The van der Waals surface area contributed by atoms with Crippen molar-refractivity contribution >= 4 is 40.9 Å². The molecule has 0 unspecified atom stereocenters. The number of nitriles is 1. The van der Waals surface area contributed by atoms with Crippen LogP contribution < -0.4 is 0 Å². The number of benzene rings is 1. The van der Waals surface area contributed by atoms with Crippen LogP contribution in [0, 0.1) is 11.3 Å². The van der Waals surface area contributed by atoms with E-state index < -0.39 is 0 Å². The van der Waals surface area contributed by atoms with Gasteiger partial charge in [-0.25, -0.2) is 0 Å². The second-order valence-electron chi connectivity index (χ2n) is 3.02. The predicted molar refractivity (Wildman–Crippen MR) is 75.5 cm³/mol. The van der Waals surface area contributed by atoms with E-state index in [-0.39, 0.29) is 11.4 Å². The van der Waals surface area contributed by atoms with Crippen LogP contribution in [0.15, 0.2) is 34.1 Å². The van der Waals surface area contributed by atoms with E-state index in [9.17, 15) is 4.79 Å². The van der Waals surface area contributed by atoms with Gasteiger partial charge in [0.05, 0.1) is 4.24 Å². The Hall–Kier alpha value is -0.890. The molecule has 0 heterocycles. The standard InChI is InChI=1S/C12H10ClNOS2/c1-16-12(17-2)10(7-14)11(15)8-3-5-9(13)6-4-8/h3-6H,1-2H3. The summed E-state index contributed by atoms with van der Waals surface area (Å²) in [7, 11) is 0. The minimum absolute atomic E-state index is 0.187. The lowest BCUT2D eigenvalue weighted by molar-refractivity contribution is 0.103. The van der Waals surface area contributed by atoms with Crippen molar-refractivity contribution in [3.05, 3.63) is 44.7 Å². The van der Waals surface area contributed by atoms with Crippen molar-refractivity contribution in [2.75, 3.05) is 12.5 Å². The fourth-order valence-corrected chi connectivity index (χ4v) is 2.70. The van der Waals surface area contributed by atoms with Crippen LogP contribution in [-0.4, -0.2) is 18.3 Å². The van der Waals surface area contributed by atoms with Crippen molar-refractivity contribution in [1.29, 1.82) is 5.26 Å². The van der Waals surface area contributed by atoms with Crippen molar-refractivity contribution in [3.8, 4) is 6.07 Å². The zero-order chi connectivity index (χ0) is 12.8. The van der Waals surface area contributed by atoms with Crippen molar-refractivity contribution in [2.24, 2.45) is 0 Å². The van der Waals surface area contributed by atoms with E-state index in [1.807, 2.05) is 18.6 Å². The van der Waals surface area contributed by atoms with Gasteiger partial charge in [-0.2, -0.15) is 5.26 Å². The summed E-state index contributed by atoms with van der Waals surface area (Å²) >= 11 is 8.55. The fourth-order valence-electron chi connectivity index (χ4n) is 1.22. The number of allylic oxidation sites excluding steroid dienone is 1. The van der Waals surface area contributed by atoms with Crippen molar-refractivity contribution in [2.45, 2.75) is 0 Å². The van der Waals surface area contributed by atoms with Gasteiger partial charge in [-0.15, -0.1) is 23.5 Å². The largest absolute Gasteiger partial charge is 0.288 e. The molecule has 0 amide bonds. The highest BCUT2D eigenvalue weighted by Crippen LogP contribution is 2.29. The summed E-state index contributed by atoms with van der Waals surface area (Å²) in [5, 5.41) is 9.63. The summed E-state index contributed by atoms with van der Waals surface area (Å²) in [4.78, 5) is 12.1. The molecule has 0 saturated carbocycles. The van der Waals surface area contributed by atoms with Gasteiger partial charge in [0.2, 0.25) is 5.78 Å². The molecule has 0 aromatic heterocycles. The molecule has 0 fully saturated rings. The van der Waals surface area contributed by atoms with E-state index in [0.717, 1.165) is 4.24 Å².